The summed E-state index contributed by atoms with van der Waals surface area (Å²) in [5, 5.41) is 3.66. The zero-order chi connectivity index (χ0) is 19.6. The normalized spacial score (nSPS) is 19.4. The molecule has 4 nitrogen and oxygen atoms in total. The fourth-order valence-corrected chi connectivity index (χ4v) is 3.71. The van der Waals surface area contributed by atoms with Crippen molar-refractivity contribution >= 4 is 5.91 Å². The van der Waals surface area contributed by atoms with E-state index >= 15 is 0 Å². The number of hydrogen-bond donors (Lipinski definition) is 1. The van der Waals surface area contributed by atoms with Gasteiger partial charge in [0.25, 0.3) is 5.91 Å². The summed E-state index contributed by atoms with van der Waals surface area (Å²) >= 11 is 0. The summed E-state index contributed by atoms with van der Waals surface area (Å²) < 4.78 is 6.17. The molecule has 1 N–H and O–H groups in total. The van der Waals surface area contributed by atoms with Crippen LogP contribution in [-0.2, 0) is 6.42 Å². The van der Waals surface area contributed by atoms with E-state index in [9.17, 15) is 4.79 Å². The van der Waals surface area contributed by atoms with E-state index < -0.39 is 0 Å². The maximum Gasteiger partial charge on any atom is 0.257 e. The van der Waals surface area contributed by atoms with E-state index in [0.29, 0.717) is 17.9 Å². The first-order valence-corrected chi connectivity index (χ1v) is 10.6. The molecule has 1 amide bonds. The first-order chi connectivity index (χ1) is 13.8. The average Bonchev–Trinajstić information content (AvgIpc) is 2.74. The third-order valence-corrected chi connectivity index (χ3v) is 5.34. The first kappa shape index (κ1) is 20.4. The van der Waals surface area contributed by atoms with Gasteiger partial charge in [0.15, 0.2) is 0 Å². The maximum absolute atomic E-state index is 13.0. The minimum atomic E-state index is 0.0720. The Labute approximate surface area is 168 Å². The number of nitrogens with zero attached hydrogens (tertiary/aromatic N) is 1. The molecule has 0 aliphatic carbocycles. The van der Waals surface area contributed by atoms with Gasteiger partial charge < -0.3 is 15.0 Å². The lowest BCUT2D eigenvalue weighted by Gasteiger charge is -2.24. The zero-order valence-electron chi connectivity index (χ0n) is 16.9. The van der Waals surface area contributed by atoms with Gasteiger partial charge in [-0.3, -0.25) is 4.79 Å². The highest BCUT2D eigenvalue weighted by Crippen LogP contribution is 2.21. The van der Waals surface area contributed by atoms with E-state index in [1.165, 1.54) is 12.0 Å². The summed E-state index contributed by atoms with van der Waals surface area (Å²) in [7, 11) is 0. The molecule has 0 saturated carbocycles. The molecule has 28 heavy (non-hydrogen) atoms. The fourth-order valence-electron chi connectivity index (χ4n) is 3.71. The molecule has 0 unspecified atom stereocenters. The van der Waals surface area contributed by atoms with Crippen LogP contribution in [0.25, 0.3) is 0 Å². The number of para-hydroxylation sites is 1. The van der Waals surface area contributed by atoms with E-state index in [1.54, 1.807) is 0 Å². The number of hydrogen-bond acceptors (Lipinski definition) is 3. The number of fused-ring (bicyclic) bond motifs is 1. The molecule has 1 atom stereocenters. The molecule has 1 heterocycles. The summed E-state index contributed by atoms with van der Waals surface area (Å²) in [6.07, 6.45) is 5.47. The molecule has 1 aliphatic rings. The summed E-state index contributed by atoms with van der Waals surface area (Å²) in [6.45, 7) is 5.13. The summed E-state index contributed by atoms with van der Waals surface area (Å²) in [5.74, 6) is 0.755. The Morgan fingerprint density at radius 1 is 1.00 bits per heavy atom. The van der Waals surface area contributed by atoms with Crippen molar-refractivity contribution < 1.29 is 9.53 Å². The first-order valence-electron chi connectivity index (χ1n) is 10.6. The summed E-state index contributed by atoms with van der Waals surface area (Å²) in [5.41, 5.74) is 1.96. The van der Waals surface area contributed by atoms with Crippen LogP contribution in [-0.4, -0.2) is 43.1 Å². The Balaban J connectivity index is 1.77. The van der Waals surface area contributed by atoms with E-state index in [1.807, 2.05) is 42.2 Å². The molecule has 0 spiro atoms. The van der Waals surface area contributed by atoms with Gasteiger partial charge in [-0.1, -0.05) is 55.3 Å². The highest BCUT2D eigenvalue weighted by Gasteiger charge is 2.19. The number of carbonyl (C=O) groups excluding carboxylic acids is 1. The van der Waals surface area contributed by atoms with E-state index in [-0.39, 0.29) is 11.9 Å². The standard InChI is InChI=1S/C24H32N2O2/c1-2-26-17-11-4-3-10-16-25-21(18-20-12-6-5-7-13-20)19-28-23-15-9-8-14-22(23)24(26)27/h5-9,12-15,21,25H,2-4,10-11,16-19H2,1H3/t21-/m1/s1. The van der Waals surface area contributed by atoms with Crippen molar-refractivity contribution in [2.75, 3.05) is 26.2 Å². The Morgan fingerprint density at radius 3 is 2.57 bits per heavy atom. The second kappa shape index (κ2) is 10.9. The smallest absolute Gasteiger partial charge is 0.257 e. The van der Waals surface area contributed by atoms with E-state index in [4.69, 9.17) is 4.74 Å². The second-order valence-corrected chi connectivity index (χ2v) is 7.45. The lowest BCUT2D eigenvalue weighted by Crippen LogP contribution is -2.38. The molecule has 2 aromatic rings. The van der Waals surface area contributed by atoms with Crippen molar-refractivity contribution in [1.82, 2.24) is 10.2 Å². The van der Waals surface area contributed by atoms with Crippen LogP contribution in [0.2, 0.25) is 0 Å². The predicted octanol–water partition coefficient (Wildman–Crippen LogP) is 4.30. The van der Waals surface area contributed by atoms with Gasteiger partial charge in [-0.15, -0.1) is 0 Å². The number of carbonyl (C=O) groups is 1. The van der Waals surface area contributed by atoms with E-state index in [2.05, 4.69) is 29.6 Å². The number of amides is 1. The molecule has 3 rings (SSSR count). The van der Waals surface area contributed by atoms with Crippen LogP contribution in [0.15, 0.2) is 54.6 Å². The van der Waals surface area contributed by atoms with E-state index in [0.717, 1.165) is 45.3 Å². The molecule has 2 aromatic carbocycles. The zero-order valence-corrected chi connectivity index (χ0v) is 16.9. The maximum atomic E-state index is 13.0. The SMILES string of the molecule is CCN1CCCCCCN[C@H](Cc2ccccc2)COc2ccccc2C1=O. The van der Waals surface area contributed by atoms with Crippen molar-refractivity contribution in [1.29, 1.82) is 0 Å². The highest BCUT2D eigenvalue weighted by molar-refractivity contribution is 5.96. The molecular weight excluding hydrogens is 348 g/mol. The van der Waals surface area contributed by atoms with Crippen molar-refractivity contribution in [3.05, 3.63) is 65.7 Å². The number of rotatable bonds is 3. The second-order valence-electron chi connectivity index (χ2n) is 7.45. The molecule has 0 saturated heterocycles. The lowest BCUT2D eigenvalue weighted by atomic mass is 10.1. The van der Waals surface area contributed by atoms with Crippen LogP contribution >= 0.6 is 0 Å². The molecule has 4 heteroatoms. The van der Waals surface area contributed by atoms with Gasteiger partial charge in [-0.2, -0.15) is 0 Å². The molecule has 0 aromatic heterocycles. The fraction of sp³-hybridized carbons (Fsp3) is 0.458. The van der Waals surface area contributed by atoms with Gasteiger partial charge >= 0.3 is 0 Å². The largest absolute Gasteiger partial charge is 0.491 e. The van der Waals surface area contributed by atoms with Crippen molar-refractivity contribution in [3.8, 4) is 5.75 Å². The Hall–Kier alpha value is -2.33. The highest BCUT2D eigenvalue weighted by atomic mass is 16.5. The van der Waals surface area contributed by atoms with Gasteiger partial charge in [0, 0.05) is 19.1 Å². The van der Waals surface area contributed by atoms with Gasteiger partial charge in [-0.05, 0) is 50.4 Å². The third kappa shape index (κ3) is 5.83. The number of nitrogens with one attached hydrogen (secondary N) is 1. The Kier molecular flexibility index (Phi) is 7.92. The van der Waals surface area contributed by atoms with Gasteiger partial charge in [0.05, 0.1) is 5.56 Å². The van der Waals surface area contributed by atoms with Gasteiger partial charge in [-0.25, -0.2) is 0 Å². The molecule has 150 valence electrons. The monoisotopic (exact) mass is 380 g/mol. The van der Waals surface area contributed by atoms with Crippen molar-refractivity contribution in [2.24, 2.45) is 0 Å². The summed E-state index contributed by atoms with van der Waals surface area (Å²) in [6, 6.07) is 18.4. The topological polar surface area (TPSA) is 41.6 Å². The molecular formula is C24H32N2O2. The summed E-state index contributed by atoms with van der Waals surface area (Å²) in [4.78, 5) is 15.0. The lowest BCUT2D eigenvalue weighted by molar-refractivity contribution is 0.0755. The third-order valence-electron chi connectivity index (χ3n) is 5.34. The quantitative estimate of drug-likeness (QED) is 0.863. The van der Waals surface area contributed by atoms with Crippen LogP contribution in [0.4, 0.5) is 0 Å². The minimum absolute atomic E-state index is 0.0720. The number of ether oxygens (including phenoxy) is 1. The van der Waals surface area contributed by atoms with Crippen LogP contribution in [0.3, 0.4) is 0 Å². The van der Waals surface area contributed by atoms with Crippen LogP contribution in [0, 0.1) is 0 Å². The molecule has 0 fully saturated rings. The molecule has 0 radical (unpaired) electrons. The van der Waals surface area contributed by atoms with Crippen LogP contribution < -0.4 is 10.1 Å². The Morgan fingerprint density at radius 2 is 1.75 bits per heavy atom. The van der Waals surface area contributed by atoms with Crippen LogP contribution in [0.1, 0.15) is 48.5 Å². The van der Waals surface area contributed by atoms with Gasteiger partial charge in [0.1, 0.15) is 12.4 Å². The Bertz CT molecular complexity index is 732. The molecule has 1 aliphatic heterocycles. The van der Waals surface area contributed by atoms with Crippen LogP contribution in [0.5, 0.6) is 5.75 Å². The predicted molar refractivity (Wildman–Crippen MR) is 114 cm³/mol. The van der Waals surface area contributed by atoms with Gasteiger partial charge in [0.2, 0.25) is 0 Å². The minimum Gasteiger partial charge on any atom is -0.491 e. The number of benzene rings is 2. The molecule has 0 bridgehead atoms. The van der Waals surface area contributed by atoms with Crippen molar-refractivity contribution in [3.63, 3.8) is 0 Å². The van der Waals surface area contributed by atoms with Crippen molar-refractivity contribution in [2.45, 2.75) is 45.1 Å². The average molecular weight is 381 g/mol.